The number of methoxy groups -OCH3 is 1. The first-order valence-electron chi connectivity index (χ1n) is 8.78. The Balaban J connectivity index is 1.54. The number of ether oxygens (including phenoxy) is 2. The van der Waals surface area contributed by atoms with Gasteiger partial charge >= 0.3 is 6.09 Å². The Kier molecular flexibility index (Phi) is 6.26. The van der Waals surface area contributed by atoms with Crippen LogP contribution in [0.3, 0.4) is 0 Å². The molecule has 3 atom stereocenters. The van der Waals surface area contributed by atoms with Crippen molar-refractivity contribution in [3.63, 3.8) is 0 Å². The van der Waals surface area contributed by atoms with Gasteiger partial charge < -0.3 is 25.2 Å². The fourth-order valence-corrected chi connectivity index (χ4v) is 3.08. The maximum atomic E-state index is 12.9. The largest absolute Gasteiger partial charge is 0.497 e. The number of carbonyl (C=O) groups is 1. The van der Waals surface area contributed by atoms with Gasteiger partial charge in [0.05, 0.1) is 13.2 Å². The van der Waals surface area contributed by atoms with Crippen molar-refractivity contribution >= 4 is 6.09 Å². The molecule has 6 nitrogen and oxygen atoms in total. The molecule has 2 aromatic rings. The number of hydrogen-bond acceptors (Lipinski definition) is 5. The zero-order chi connectivity index (χ0) is 19.2. The molecule has 0 spiro atoms. The average Bonchev–Trinajstić information content (AvgIpc) is 3.01. The number of aliphatic hydroxyl groups is 1. The molecular weight excluding hydrogens is 351 g/mol. The van der Waals surface area contributed by atoms with Crippen LogP contribution in [0.15, 0.2) is 48.5 Å². The van der Waals surface area contributed by atoms with E-state index in [2.05, 4.69) is 10.6 Å². The summed E-state index contributed by atoms with van der Waals surface area (Å²) in [7, 11) is 1.61. The number of carbonyl (C=O) groups excluding carboxylic acids is 1. The van der Waals surface area contributed by atoms with Gasteiger partial charge in [0, 0.05) is 13.1 Å². The van der Waals surface area contributed by atoms with Crippen LogP contribution in [0.25, 0.3) is 0 Å². The van der Waals surface area contributed by atoms with Crippen LogP contribution < -0.4 is 15.4 Å². The minimum atomic E-state index is -0.773. The quantitative estimate of drug-likeness (QED) is 0.721. The number of hydrogen-bond donors (Lipinski definition) is 3. The van der Waals surface area contributed by atoms with Gasteiger partial charge in [-0.3, -0.25) is 0 Å². The molecule has 1 aliphatic rings. The molecule has 1 amide bonds. The second-order valence-electron chi connectivity index (χ2n) is 6.48. The summed E-state index contributed by atoms with van der Waals surface area (Å²) in [5, 5.41) is 16.0. The van der Waals surface area contributed by atoms with E-state index >= 15 is 0 Å². The molecule has 0 aliphatic carbocycles. The van der Waals surface area contributed by atoms with E-state index in [-0.39, 0.29) is 18.4 Å². The molecule has 7 heteroatoms. The number of nitrogens with one attached hydrogen (secondary N) is 2. The molecule has 1 aliphatic heterocycles. The third-order valence-electron chi connectivity index (χ3n) is 4.57. The molecule has 3 N–H and O–H groups in total. The minimum absolute atomic E-state index is 0.190. The van der Waals surface area contributed by atoms with Gasteiger partial charge in [-0.2, -0.15) is 0 Å². The van der Waals surface area contributed by atoms with Gasteiger partial charge in [-0.15, -0.1) is 0 Å². The van der Waals surface area contributed by atoms with Crippen LogP contribution >= 0.6 is 0 Å². The van der Waals surface area contributed by atoms with E-state index in [0.717, 1.165) is 16.9 Å². The van der Waals surface area contributed by atoms with E-state index < -0.39 is 18.3 Å². The van der Waals surface area contributed by atoms with E-state index in [1.54, 1.807) is 19.2 Å². The summed E-state index contributed by atoms with van der Waals surface area (Å²) in [6.45, 7) is 0.579. The lowest BCUT2D eigenvalue weighted by Crippen LogP contribution is -2.41. The molecule has 0 saturated carbocycles. The Bertz CT molecular complexity index is 752. The molecule has 1 saturated heterocycles. The maximum Gasteiger partial charge on any atom is 0.407 e. The SMILES string of the molecule is COc1ccc(C[C@H]2NC[C@H](O)[C@H]2OC(=O)NCc2ccc(F)cc2)cc1. The first kappa shape index (κ1) is 19.1. The molecule has 144 valence electrons. The second kappa shape index (κ2) is 8.83. The molecule has 3 rings (SSSR count). The van der Waals surface area contributed by atoms with Gasteiger partial charge in [0.25, 0.3) is 0 Å². The Morgan fingerprint density at radius 2 is 1.85 bits per heavy atom. The van der Waals surface area contributed by atoms with Crippen molar-refractivity contribution in [3.05, 3.63) is 65.5 Å². The zero-order valence-corrected chi connectivity index (χ0v) is 15.0. The van der Waals surface area contributed by atoms with E-state index in [9.17, 15) is 14.3 Å². The predicted molar refractivity (Wildman–Crippen MR) is 98.0 cm³/mol. The highest BCUT2D eigenvalue weighted by molar-refractivity contribution is 5.67. The molecule has 0 bridgehead atoms. The lowest BCUT2D eigenvalue weighted by molar-refractivity contribution is 0.0188. The standard InChI is InChI=1S/C20H23FN2O4/c1-26-16-8-4-13(5-9-16)10-17-19(18(24)12-22-17)27-20(25)23-11-14-2-6-15(21)7-3-14/h2-9,17-19,22,24H,10-12H2,1H3,(H,23,25)/t17-,18+,19+/m1/s1. The third kappa shape index (κ3) is 5.18. The normalized spacial score (nSPS) is 21.7. The van der Waals surface area contributed by atoms with Crippen LogP contribution in [-0.4, -0.2) is 43.1 Å². The van der Waals surface area contributed by atoms with Gasteiger partial charge in [0.1, 0.15) is 23.8 Å². The number of amides is 1. The highest BCUT2D eigenvalue weighted by atomic mass is 19.1. The molecule has 2 aromatic carbocycles. The number of aliphatic hydroxyl groups excluding tert-OH is 1. The number of halogens is 1. The second-order valence-corrected chi connectivity index (χ2v) is 6.48. The average molecular weight is 374 g/mol. The Morgan fingerprint density at radius 3 is 2.52 bits per heavy atom. The minimum Gasteiger partial charge on any atom is -0.497 e. The van der Waals surface area contributed by atoms with Crippen LogP contribution in [0.1, 0.15) is 11.1 Å². The Hall–Kier alpha value is -2.64. The third-order valence-corrected chi connectivity index (χ3v) is 4.57. The monoisotopic (exact) mass is 374 g/mol. The first-order valence-corrected chi connectivity index (χ1v) is 8.78. The summed E-state index contributed by atoms with van der Waals surface area (Å²) in [5.74, 6) is 0.439. The van der Waals surface area contributed by atoms with Crippen molar-refractivity contribution in [1.29, 1.82) is 0 Å². The summed E-state index contributed by atoms with van der Waals surface area (Å²) in [4.78, 5) is 12.1. The van der Waals surface area contributed by atoms with Gasteiger partial charge in [-0.05, 0) is 41.8 Å². The number of β-amino-alcohol motifs (C(OH)–C–C–N with tert-alkyl or cyclic N) is 1. The van der Waals surface area contributed by atoms with Crippen molar-refractivity contribution in [2.45, 2.75) is 31.2 Å². The van der Waals surface area contributed by atoms with E-state index in [1.807, 2.05) is 24.3 Å². The topological polar surface area (TPSA) is 79.8 Å². The summed E-state index contributed by atoms with van der Waals surface area (Å²) < 4.78 is 23.5. The number of alkyl carbamates (subject to hydrolysis) is 1. The predicted octanol–water partition coefficient (Wildman–Crippen LogP) is 2.00. The highest BCUT2D eigenvalue weighted by Gasteiger charge is 2.37. The van der Waals surface area contributed by atoms with Crippen LogP contribution in [0.5, 0.6) is 5.75 Å². The maximum absolute atomic E-state index is 12.9. The Morgan fingerprint density at radius 1 is 1.19 bits per heavy atom. The van der Waals surface area contributed by atoms with Crippen LogP contribution in [0.2, 0.25) is 0 Å². The van der Waals surface area contributed by atoms with Gasteiger partial charge in [0.2, 0.25) is 0 Å². The van der Waals surface area contributed by atoms with Crippen molar-refractivity contribution in [1.82, 2.24) is 10.6 Å². The summed E-state index contributed by atoms with van der Waals surface area (Å²) in [6, 6.07) is 13.3. The molecule has 0 unspecified atom stereocenters. The van der Waals surface area contributed by atoms with Crippen molar-refractivity contribution in [2.75, 3.05) is 13.7 Å². The van der Waals surface area contributed by atoms with E-state index in [0.29, 0.717) is 13.0 Å². The van der Waals surface area contributed by atoms with Crippen LogP contribution in [-0.2, 0) is 17.7 Å². The van der Waals surface area contributed by atoms with Crippen molar-refractivity contribution < 1.29 is 23.8 Å². The fourth-order valence-electron chi connectivity index (χ4n) is 3.08. The van der Waals surface area contributed by atoms with E-state index in [1.165, 1.54) is 12.1 Å². The highest BCUT2D eigenvalue weighted by Crippen LogP contribution is 2.19. The van der Waals surface area contributed by atoms with Crippen molar-refractivity contribution in [3.8, 4) is 5.75 Å². The van der Waals surface area contributed by atoms with Gasteiger partial charge in [0.15, 0.2) is 0 Å². The fraction of sp³-hybridized carbons (Fsp3) is 0.350. The number of rotatable bonds is 6. The Labute approximate surface area is 157 Å². The summed E-state index contributed by atoms with van der Waals surface area (Å²) in [5.41, 5.74) is 1.80. The van der Waals surface area contributed by atoms with Crippen LogP contribution in [0.4, 0.5) is 9.18 Å². The smallest absolute Gasteiger partial charge is 0.407 e. The summed E-state index contributed by atoms with van der Waals surface area (Å²) >= 11 is 0. The number of benzene rings is 2. The van der Waals surface area contributed by atoms with Crippen LogP contribution in [0, 0.1) is 5.82 Å². The van der Waals surface area contributed by atoms with Crippen molar-refractivity contribution in [2.24, 2.45) is 0 Å². The van der Waals surface area contributed by atoms with Gasteiger partial charge in [-0.1, -0.05) is 24.3 Å². The molecule has 27 heavy (non-hydrogen) atoms. The van der Waals surface area contributed by atoms with Gasteiger partial charge in [-0.25, -0.2) is 9.18 Å². The first-order chi connectivity index (χ1) is 13.0. The molecular formula is C20H23FN2O4. The molecule has 0 radical (unpaired) electrons. The molecule has 1 heterocycles. The molecule has 1 fully saturated rings. The molecule has 0 aromatic heterocycles. The van der Waals surface area contributed by atoms with E-state index in [4.69, 9.17) is 9.47 Å². The lowest BCUT2D eigenvalue weighted by Gasteiger charge is -2.22. The summed E-state index contributed by atoms with van der Waals surface area (Å²) in [6.07, 6.45) is -1.44. The zero-order valence-electron chi connectivity index (χ0n) is 15.0. The lowest BCUT2D eigenvalue weighted by atomic mass is 10.0.